The van der Waals surface area contributed by atoms with E-state index in [1.54, 1.807) is 55.8 Å². The summed E-state index contributed by atoms with van der Waals surface area (Å²) in [6, 6.07) is 16.3. The third-order valence-corrected chi connectivity index (χ3v) is 7.03. The van der Waals surface area contributed by atoms with Crippen LogP contribution in [0, 0.1) is 6.92 Å². The number of carbonyl (C=O) groups excluding carboxylic acids is 1. The maximum Gasteiger partial charge on any atom is 0.573 e. The first-order valence-electron chi connectivity index (χ1n) is 12.8. The number of nitrogens with one attached hydrogen (secondary N) is 1. The van der Waals surface area contributed by atoms with Gasteiger partial charge in [-0.05, 0) is 80.9 Å². The number of rotatable bonds is 10. The van der Waals surface area contributed by atoms with Crippen LogP contribution in [0.5, 0.6) is 5.75 Å². The summed E-state index contributed by atoms with van der Waals surface area (Å²) in [6.07, 6.45) is -4.83. The highest BCUT2D eigenvalue weighted by atomic mass is 35.5. The second-order valence-corrected chi connectivity index (χ2v) is 10.8. The molecule has 13 heteroatoms. The first-order chi connectivity index (χ1) is 20.1. The predicted octanol–water partition coefficient (Wildman–Crippen LogP) is 7.36. The summed E-state index contributed by atoms with van der Waals surface area (Å²) >= 11 is 12.6. The van der Waals surface area contributed by atoms with Gasteiger partial charge in [0, 0.05) is 22.7 Å². The molecule has 2 N–H and O–H groups in total. The third kappa shape index (κ3) is 7.86. The number of benzene rings is 3. The minimum absolute atomic E-state index is 0.0833. The Bertz CT molecular complexity index is 1640. The molecule has 1 heterocycles. The van der Waals surface area contributed by atoms with Crippen molar-refractivity contribution in [1.82, 2.24) is 15.1 Å². The van der Waals surface area contributed by atoms with Gasteiger partial charge in [-0.15, -0.1) is 13.2 Å². The molecule has 4 aromatic rings. The molecule has 0 bridgehead atoms. The Balaban J connectivity index is 1.57. The van der Waals surface area contributed by atoms with E-state index in [0.29, 0.717) is 38.8 Å². The van der Waals surface area contributed by atoms with Crippen molar-refractivity contribution in [2.45, 2.75) is 45.9 Å². The summed E-state index contributed by atoms with van der Waals surface area (Å²) in [5.74, 6) is -1.83. The average Bonchev–Trinajstić information content (AvgIpc) is 3.26. The average molecular weight is 636 g/mol. The zero-order valence-corrected chi connectivity index (χ0v) is 24.6. The Morgan fingerprint density at radius 1 is 1.00 bits per heavy atom. The Kier molecular flexibility index (Phi) is 9.38. The zero-order chi connectivity index (χ0) is 31.5. The number of carboxylic acids is 1. The first kappa shape index (κ1) is 31.9. The third-order valence-electron chi connectivity index (χ3n) is 6.49. The van der Waals surface area contributed by atoms with E-state index in [2.05, 4.69) is 15.2 Å². The molecule has 3 aromatic carbocycles. The highest BCUT2D eigenvalue weighted by Gasteiger charge is 2.32. The molecule has 0 unspecified atom stereocenters. The van der Waals surface area contributed by atoms with Crippen molar-refractivity contribution in [3.8, 4) is 22.7 Å². The van der Waals surface area contributed by atoms with Gasteiger partial charge in [0.05, 0.1) is 34.3 Å². The van der Waals surface area contributed by atoms with Crippen LogP contribution in [0.15, 0.2) is 66.7 Å². The predicted molar refractivity (Wildman–Crippen MR) is 155 cm³/mol. The van der Waals surface area contributed by atoms with Crippen molar-refractivity contribution in [2.24, 2.45) is 0 Å². The fourth-order valence-electron chi connectivity index (χ4n) is 4.13. The quantitative estimate of drug-likeness (QED) is 0.189. The zero-order valence-electron chi connectivity index (χ0n) is 23.1. The Hall–Kier alpha value is -4.06. The largest absolute Gasteiger partial charge is 0.573 e. The van der Waals surface area contributed by atoms with Gasteiger partial charge in [0.15, 0.2) is 0 Å². The normalized spacial score (nSPS) is 11.8. The van der Waals surface area contributed by atoms with Crippen LogP contribution in [0.4, 0.5) is 13.2 Å². The van der Waals surface area contributed by atoms with Gasteiger partial charge in [-0.2, -0.15) is 5.10 Å². The number of halogens is 5. The fraction of sp³-hybridized carbons (Fsp3) is 0.233. The van der Waals surface area contributed by atoms with Crippen LogP contribution in [-0.2, 0) is 22.7 Å². The molecule has 0 fully saturated rings. The molecule has 0 aliphatic carbocycles. The number of hydrogen-bond acceptors (Lipinski definition) is 5. The maximum atomic E-state index is 13.0. The fourth-order valence-corrected chi connectivity index (χ4v) is 4.62. The minimum atomic E-state index is -4.83. The van der Waals surface area contributed by atoms with E-state index in [1.807, 2.05) is 0 Å². The molecule has 0 aliphatic heterocycles. The Morgan fingerprint density at radius 2 is 1.65 bits per heavy atom. The number of aromatic nitrogens is 2. The standard InChI is InChI=1S/C30H26Cl2F3N3O5/c1-17-24(16-42-29(2,3)28(41)36-15-18-4-6-20(7-5-18)27(39)40)37-38(25-13-10-21(31)14-23(25)32)26(17)19-8-11-22(12-9-19)43-30(33,34)35/h4-14H,15-16H2,1-3H3,(H,36,41)(H,39,40). The molecule has 1 amide bonds. The Morgan fingerprint density at radius 3 is 2.23 bits per heavy atom. The highest BCUT2D eigenvalue weighted by Crippen LogP contribution is 2.34. The number of amides is 1. The van der Waals surface area contributed by atoms with Crippen molar-refractivity contribution in [3.05, 3.63) is 99.2 Å². The van der Waals surface area contributed by atoms with Crippen LogP contribution in [-0.4, -0.2) is 38.7 Å². The molecule has 43 heavy (non-hydrogen) atoms. The number of carbonyl (C=O) groups is 2. The molecule has 226 valence electrons. The number of nitrogens with zero attached hydrogens (tertiary/aromatic N) is 2. The van der Waals surface area contributed by atoms with Gasteiger partial charge >= 0.3 is 12.3 Å². The number of hydrogen-bond donors (Lipinski definition) is 2. The van der Waals surface area contributed by atoms with E-state index in [1.165, 1.54) is 36.4 Å². The van der Waals surface area contributed by atoms with Crippen molar-refractivity contribution in [2.75, 3.05) is 0 Å². The summed E-state index contributed by atoms with van der Waals surface area (Å²) in [7, 11) is 0. The van der Waals surface area contributed by atoms with Gasteiger partial charge in [-0.3, -0.25) is 4.79 Å². The summed E-state index contributed by atoms with van der Waals surface area (Å²) in [4.78, 5) is 24.0. The topological polar surface area (TPSA) is 103 Å². The second kappa shape index (κ2) is 12.7. The van der Waals surface area contributed by atoms with Crippen LogP contribution in [0.1, 0.15) is 41.0 Å². The first-order valence-corrected chi connectivity index (χ1v) is 13.5. The van der Waals surface area contributed by atoms with Crippen LogP contribution >= 0.6 is 23.2 Å². The molecule has 0 radical (unpaired) electrons. The van der Waals surface area contributed by atoms with E-state index in [-0.39, 0.29) is 29.5 Å². The molecule has 0 atom stereocenters. The molecular weight excluding hydrogens is 610 g/mol. The lowest BCUT2D eigenvalue weighted by Gasteiger charge is -2.24. The summed E-state index contributed by atoms with van der Waals surface area (Å²) in [6.45, 7) is 5.04. The van der Waals surface area contributed by atoms with Crippen molar-refractivity contribution < 1.29 is 37.3 Å². The van der Waals surface area contributed by atoms with E-state index < -0.39 is 23.8 Å². The number of carboxylic acid groups (broad SMARTS) is 1. The van der Waals surface area contributed by atoms with Gasteiger partial charge in [0.1, 0.15) is 11.4 Å². The maximum absolute atomic E-state index is 13.0. The van der Waals surface area contributed by atoms with Crippen LogP contribution < -0.4 is 10.1 Å². The van der Waals surface area contributed by atoms with E-state index in [0.717, 1.165) is 0 Å². The SMILES string of the molecule is Cc1c(COC(C)(C)C(=O)NCc2ccc(C(=O)O)cc2)nn(-c2ccc(Cl)cc2Cl)c1-c1ccc(OC(F)(F)F)cc1. The van der Waals surface area contributed by atoms with Gasteiger partial charge < -0.3 is 19.9 Å². The van der Waals surface area contributed by atoms with Crippen LogP contribution in [0.25, 0.3) is 16.9 Å². The minimum Gasteiger partial charge on any atom is -0.478 e. The van der Waals surface area contributed by atoms with Gasteiger partial charge in [0.25, 0.3) is 5.91 Å². The van der Waals surface area contributed by atoms with Gasteiger partial charge in [-0.1, -0.05) is 35.3 Å². The summed E-state index contributed by atoms with van der Waals surface area (Å²) < 4.78 is 49.6. The summed E-state index contributed by atoms with van der Waals surface area (Å²) in [5, 5.41) is 17.2. The lowest BCUT2D eigenvalue weighted by molar-refractivity contribution is -0.274. The van der Waals surface area contributed by atoms with Crippen LogP contribution in [0.2, 0.25) is 10.0 Å². The molecule has 0 spiro atoms. The van der Waals surface area contributed by atoms with Gasteiger partial charge in [-0.25, -0.2) is 9.48 Å². The number of ether oxygens (including phenoxy) is 2. The highest BCUT2D eigenvalue weighted by molar-refractivity contribution is 6.35. The molecule has 0 saturated carbocycles. The molecule has 1 aromatic heterocycles. The molecule has 0 saturated heterocycles. The second-order valence-electron chi connectivity index (χ2n) is 9.98. The van der Waals surface area contributed by atoms with E-state index in [4.69, 9.17) is 33.0 Å². The number of alkyl halides is 3. The monoisotopic (exact) mass is 635 g/mol. The summed E-state index contributed by atoms with van der Waals surface area (Å²) in [5.41, 5.74) is 2.20. The molecule has 8 nitrogen and oxygen atoms in total. The Labute approximate surface area is 254 Å². The van der Waals surface area contributed by atoms with Crippen LogP contribution in [0.3, 0.4) is 0 Å². The smallest absolute Gasteiger partial charge is 0.478 e. The molecule has 4 rings (SSSR count). The van der Waals surface area contributed by atoms with E-state index in [9.17, 15) is 22.8 Å². The lowest BCUT2D eigenvalue weighted by atomic mass is 10.1. The van der Waals surface area contributed by atoms with Crippen molar-refractivity contribution >= 4 is 35.1 Å². The number of aromatic carboxylic acids is 1. The van der Waals surface area contributed by atoms with Crippen molar-refractivity contribution in [1.29, 1.82) is 0 Å². The lowest BCUT2D eigenvalue weighted by Crippen LogP contribution is -2.43. The van der Waals surface area contributed by atoms with E-state index >= 15 is 0 Å². The molecule has 0 aliphatic rings. The molecular formula is C30H26Cl2F3N3O5. The van der Waals surface area contributed by atoms with Gasteiger partial charge in [0.2, 0.25) is 0 Å². The van der Waals surface area contributed by atoms with Crippen molar-refractivity contribution in [3.63, 3.8) is 0 Å².